The number of pyridine rings is 1. The van der Waals surface area contributed by atoms with E-state index in [1.165, 1.54) is 12.8 Å². The number of benzene rings is 1. The van der Waals surface area contributed by atoms with Crippen molar-refractivity contribution in [1.29, 1.82) is 0 Å². The van der Waals surface area contributed by atoms with Crippen LogP contribution in [-0.4, -0.2) is 24.9 Å². The van der Waals surface area contributed by atoms with Crippen molar-refractivity contribution in [3.8, 4) is 11.8 Å². The summed E-state index contributed by atoms with van der Waals surface area (Å²) >= 11 is 0. The molecule has 0 bridgehead atoms. The Morgan fingerprint density at radius 3 is 2.38 bits per heavy atom. The van der Waals surface area contributed by atoms with Gasteiger partial charge in [0.1, 0.15) is 16.6 Å². The molecule has 0 unspecified atom stereocenters. The molecule has 9 nitrogen and oxygen atoms in total. The van der Waals surface area contributed by atoms with Gasteiger partial charge in [0.15, 0.2) is 29.5 Å². The Balaban J connectivity index is 1.58. The predicted octanol–water partition coefficient (Wildman–Crippen LogP) is 3.31. The van der Waals surface area contributed by atoms with Crippen molar-refractivity contribution in [2.45, 2.75) is 0 Å². The van der Waals surface area contributed by atoms with Crippen LogP contribution >= 0.6 is 0 Å². The smallest absolute Gasteiger partial charge is 0.286 e. The summed E-state index contributed by atoms with van der Waals surface area (Å²) in [4.78, 5) is 21.1. The van der Waals surface area contributed by atoms with Gasteiger partial charge in [0, 0.05) is 18.2 Å². The summed E-state index contributed by atoms with van der Waals surface area (Å²) in [6.07, 6.45) is 2.70. The van der Waals surface area contributed by atoms with Crippen molar-refractivity contribution in [2.75, 3.05) is 0 Å². The van der Waals surface area contributed by atoms with Gasteiger partial charge in [-0.2, -0.15) is 9.97 Å². The number of nitrogens with zero attached hydrogens (tertiary/aromatic N) is 5. The third-order valence-electron chi connectivity index (χ3n) is 3.71. The molecule has 6 aromatic rings. The van der Waals surface area contributed by atoms with E-state index in [9.17, 15) is 0 Å². The van der Waals surface area contributed by atoms with Crippen molar-refractivity contribution >= 4 is 44.7 Å². The lowest BCUT2D eigenvalue weighted by Crippen LogP contribution is -1.77. The summed E-state index contributed by atoms with van der Waals surface area (Å²) in [6, 6.07) is 5.21. The van der Waals surface area contributed by atoms with Gasteiger partial charge in [0.05, 0.1) is 0 Å². The molecule has 0 atom stereocenters. The van der Waals surface area contributed by atoms with Crippen molar-refractivity contribution in [1.82, 2.24) is 24.9 Å². The fourth-order valence-electron chi connectivity index (χ4n) is 2.61. The van der Waals surface area contributed by atoms with Crippen LogP contribution < -0.4 is 0 Å². The maximum Gasteiger partial charge on any atom is 0.286 e. The number of aromatic nitrogens is 5. The van der Waals surface area contributed by atoms with Crippen LogP contribution in [0.25, 0.3) is 56.4 Å². The van der Waals surface area contributed by atoms with Crippen LogP contribution in [0.2, 0.25) is 0 Å². The van der Waals surface area contributed by atoms with Gasteiger partial charge >= 0.3 is 0 Å². The maximum atomic E-state index is 5.72. The maximum absolute atomic E-state index is 5.72. The lowest BCUT2D eigenvalue weighted by Gasteiger charge is -1.85. The third kappa shape index (κ3) is 1.50. The Bertz CT molecular complexity index is 1170. The summed E-state index contributed by atoms with van der Waals surface area (Å²) in [5.74, 6) is 0.478. The van der Waals surface area contributed by atoms with Gasteiger partial charge in [-0.3, -0.25) is 0 Å². The van der Waals surface area contributed by atoms with Crippen molar-refractivity contribution in [3.05, 3.63) is 31.0 Å². The molecule has 1 aromatic carbocycles. The minimum Gasteiger partial charge on any atom is -0.443 e. The second kappa shape index (κ2) is 3.96. The Morgan fingerprint density at radius 1 is 0.625 bits per heavy atom. The lowest BCUT2D eigenvalue weighted by atomic mass is 10.3. The quantitative estimate of drug-likeness (QED) is 0.449. The highest BCUT2D eigenvalue weighted by molar-refractivity contribution is 5.90. The molecule has 0 amide bonds. The predicted molar refractivity (Wildman–Crippen MR) is 79.9 cm³/mol. The number of rotatable bonds is 1. The first kappa shape index (κ1) is 11.8. The summed E-state index contributed by atoms with van der Waals surface area (Å²) in [7, 11) is 0. The van der Waals surface area contributed by atoms with Gasteiger partial charge in [-0.15, -0.1) is 0 Å². The third-order valence-corrected chi connectivity index (χ3v) is 3.71. The fraction of sp³-hybridized carbons (Fsp3) is 0. The van der Waals surface area contributed by atoms with Crippen molar-refractivity contribution in [3.63, 3.8) is 0 Å². The monoisotopic (exact) mass is 319 g/mol. The molecule has 5 aromatic heterocycles. The first-order valence-electron chi connectivity index (χ1n) is 6.98. The fourth-order valence-corrected chi connectivity index (χ4v) is 2.61. The Hall–Kier alpha value is -3.75. The topological polar surface area (TPSA) is 117 Å². The minimum atomic E-state index is 0.228. The van der Waals surface area contributed by atoms with E-state index in [0.29, 0.717) is 44.7 Å². The van der Waals surface area contributed by atoms with Gasteiger partial charge < -0.3 is 17.7 Å². The van der Waals surface area contributed by atoms with Crippen LogP contribution in [0, 0.1) is 0 Å². The molecule has 0 N–H and O–H groups in total. The van der Waals surface area contributed by atoms with Crippen LogP contribution in [0.4, 0.5) is 0 Å². The Labute approximate surface area is 130 Å². The minimum absolute atomic E-state index is 0.228. The highest BCUT2D eigenvalue weighted by Gasteiger charge is 2.18. The van der Waals surface area contributed by atoms with Gasteiger partial charge in [0.25, 0.3) is 11.8 Å². The summed E-state index contributed by atoms with van der Waals surface area (Å²) in [5, 5.41) is 0. The molecule has 0 aliphatic carbocycles. The Morgan fingerprint density at radius 2 is 1.38 bits per heavy atom. The molecule has 0 aliphatic rings. The van der Waals surface area contributed by atoms with E-state index in [0.717, 1.165) is 0 Å². The van der Waals surface area contributed by atoms with E-state index in [1.807, 2.05) is 0 Å². The largest absolute Gasteiger partial charge is 0.443 e. The lowest BCUT2D eigenvalue weighted by molar-refractivity contribution is 0.545. The molecule has 114 valence electrons. The van der Waals surface area contributed by atoms with Crippen LogP contribution in [0.15, 0.2) is 48.7 Å². The number of oxazole rings is 4. The van der Waals surface area contributed by atoms with E-state index >= 15 is 0 Å². The van der Waals surface area contributed by atoms with Crippen molar-refractivity contribution in [2.24, 2.45) is 0 Å². The molecule has 24 heavy (non-hydrogen) atoms. The molecule has 5 heterocycles. The Kier molecular flexibility index (Phi) is 1.94. The molecule has 0 saturated carbocycles. The molecule has 0 radical (unpaired) electrons. The molecule has 6 rings (SSSR count). The van der Waals surface area contributed by atoms with Gasteiger partial charge in [-0.05, 0) is 0 Å². The second-order valence-electron chi connectivity index (χ2n) is 5.16. The van der Waals surface area contributed by atoms with Crippen LogP contribution in [0.3, 0.4) is 0 Å². The van der Waals surface area contributed by atoms with Gasteiger partial charge in [-0.25, -0.2) is 15.0 Å². The van der Waals surface area contributed by atoms with E-state index in [2.05, 4.69) is 24.9 Å². The second-order valence-corrected chi connectivity index (χ2v) is 5.16. The average molecular weight is 319 g/mol. The highest BCUT2D eigenvalue weighted by Crippen LogP contribution is 2.29. The first-order valence-corrected chi connectivity index (χ1v) is 6.98. The molecule has 0 fully saturated rings. The normalized spacial score (nSPS) is 12.2. The molecule has 0 saturated heterocycles. The molecule has 9 heteroatoms. The van der Waals surface area contributed by atoms with E-state index < -0.39 is 0 Å². The van der Waals surface area contributed by atoms with Gasteiger partial charge in [-0.1, -0.05) is 0 Å². The molecule has 0 aliphatic heterocycles. The van der Waals surface area contributed by atoms with E-state index in [1.54, 1.807) is 18.2 Å². The number of hydrogen-bond donors (Lipinski definition) is 0. The van der Waals surface area contributed by atoms with Crippen molar-refractivity contribution < 1.29 is 17.7 Å². The van der Waals surface area contributed by atoms with E-state index in [-0.39, 0.29) is 11.8 Å². The zero-order valence-corrected chi connectivity index (χ0v) is 11.8. The highest BCUT2D eigenvalue weighted by atomic mass is 16.4. The number of fused-ring (bicyclic) bond motifs is 4. The van der Waals surface area contributed by atoms with Crippen LogP contribution in [0.1, 0.15) is 0 Å². The average Bonchev–Trinajstić information content (AvgIpc) is 3.33. The summed E-state index contributed by atoms with van der Waals surface area (Å²) in [5.41, 5.74) is 4.37. The first-order chi connectivity index (χ1) is 11.8. The standard InChI is InChI=1S/C15H5N5O4/c1-6-9(21-4-16-6)2-7-10(1)23-14(18-7)15-19-8-3-11-12(17-5-22-11)20-13(8)24-15/h1-5H. The molecule has 0 spiro atoms. The summed E-state index contributed by atoms with van der Waals surface area (Å²) in [6.45, 7) is 0. The van der Waals surface area contributed by atoms with Crippen LogP contribution in [-0.2, 0) is 0 Å². The molecular weight excluding hydrogens is 314 g/mol. The summed E-state index contributed by atoms with van der Waals surface area (Å²) < 4.78 is 21.8. The zero-order valence-electron chi connectivity index (χ0n) is 11.8. The number of hydrogen-bond acceptors (Lipinski definition) is 9. The SMILES string of the molecule is c1nc2cc3oc(-c4nc5cc6ocnc6nc5o4)nc3cc2o1. The van der Waals surface area contributed by atoms with E-state index in [4.69, 9.17) is 17.7 Å². The van der Waals surface area contributed by atoms with Crippen LogP contribution in [0.5, 0.6) is 0 Å². The van der Waals surface area contributed by atoms with Gasteiger partial charge in [0.2, 0.25) is 11.4 Å². The zero-order chi connectivity index (χ0) is 15.7. The molecular formula is C15H5N5O4.